The summed E-state index contributed by atoms with van der Waals surface area (Å²) in [4.78, 5) is 11.1. The summed E-state index contributed by atoms with van der Waals surface area (Å²) in [5.74, 6) is 0. The Morgan fingerprint density at radius 3 is 2.47 bits per heavy atom. The fourth-order valence-corrected chi connectivity index (χ4v) is 2.05. The first-order valence-corrected chi connectivity index (χ1v) is 7.04. The fraction of sp³-hybridized carbons (Fsp3) is 0.364. The summed E-state index contributed by atoms with van der Waals surface area (Å²) in [6.45, 7) is 1.81. The molecule has 0 aliphatic rings. The van der Waals surface area contributed by atoms with Gasteiger partial charge in [-0.2, -0.15) is 12.7 Å². The van der Waals surface area contributed by atoms with E-state index in [4.69, 9.17) is 5.73 Å². The SMILES string of the molecule is CCOC(=O)NS(=O)(=O)N(C)Cc1ccc(N)cc1. The topological polar surface area (TPSA) is 102 Å². The highest BCUT2D eigenvalue weighted by atomic mass is 32.2. The van der Waals surface area contributed by atoms with Crippen LogP contribution < -0.4 is 10.5 Å². The van der Waals surface area contributed by atoms with Crippen molar-refractivity contribution in [1.82, 2.24) is 9.03 Å². The zero-order valence-corrected chi connectivity index (χ0v) is 11.6. The maximum Gasteiger partial charge on any atom is 0.421 e. The molecule has 0 fully saturated rings. The molecule has 1 amide bonds. The summed E-state index contributed by atoms with van der Waals surface area (Å²) in [5.41, 5.74) is 6.89. The van der Waals surface area contributed by atoms with Gasteiger partial charge < -0.3 is 10.5 Å². The molecule has 1 aromatic rings. The minimum atomic E-state index is -3.91. The van der Waals surface area contributed by atoms with Gasteiger partial charge in [0.25, 0.3) is 0 Å². The molecule has 0 aromatic heterocycles. The molecule has 0 spiro atoms. The van der Waals surface area contributed by atoms with Crippen LogP contribution in [-0.4, -0.2) is 32.5 Å². The third kappa shape index (κ3) is 4.76. The van der Waals surface area contributed by atoms with Gasteiger partial charge in [-0.25, -0.2) is 9.52 Å². The number of nitrogens with one attached hydrogen (secondary N) is 1. The van der Waals surface area contributed by atoms with Crippen LogP contribution in [0, 0.1) is 0 Å². The zero-order chi connectivity index (χ0) is 14.5. The fourth-order valence-electron chi connectivity index (χ4n) is 1.31. The smallest absolute Gasteiger partial charge is 0.421 e. The Bertz CT molecular complexity index is 527. The molecule has 0 atom stereocenters. The predicted molar refractivity (Wildman–Crippen MR) is 71.4 cm³/mol. The highest BCUT2D eigenvalue weighted by Gasteiger charge is 2.21. The van der Waals surface area contributed by atoms with Crippen LogP contribution in [0.5, 0.6) is 0 Å². The summed E-state index contributed by atoms with van der Waals surface area (Å²) < 4.78 is 30.9. The van der Waals surface area contributed by atoms with E-state index in [0.717, 1.165) is 9.87 Å². The van der Waals surface area contributed by atoms with E-state index >= 15 is 0 Å². The van der Waals surface area contributed by atoms with Crippen molar-refractivity contribution in [2.45, 2.75) is 13.5 Å². The summed E-state index contributed by atoms with van der Waals surface area (Å²) in [7, 11) is -2.55. The second-order valence-electron chi connectivity index (χ2n) is 3.83. The molecule has 7 nitrogen and oxygen atoms in total. The molecule has 106 valence electrons. The predicted octanol–water partition coefficient (Wildman–Crippen LogP) is 0.691. The number of hydrogen-bond acceptors (Lipinski definition) is 5. The maximum atomic E-state index is 11.8. The molecule has 1 aromatic carbocycles. The summed E-state index contributed by atoms with van der Waals surface area (Å²) in [6.07, 6.45) is -0.994. The van der Waals surface area contributed by atoms with Gasteiger partial charge in [-0.3, -0.25) is 0 Å². The lowest BCUT2D eigenvalue weighted by atomic mass is 10.2. The molecule has 0 saturated heterocycles. The normalized spacial score (nSPS) is 11.3. The number of nitrogens with zero attached hydrogens (tertiary/aromatic N) is 1. The van der Waals surface area contributed by atoms with E-state index in [9.17, 15) is 13.2 Å². The van der Waals surface area contributed by atoms with Gasteiger partial charge in [-0.05, 0) is 24.6 Å². The van der Waals surface area contributed by atoms with Gasteiger partial charge >= 0.3 is 16.3 Å². The minimum Gasteiger partial charge on any atom is -0.449 e. The Balaban J connectivity index is 2.68. The van der Waals surface area contributed by atoms with E-state index in [-0.39, 0.29) is 13.2 Å². The molecule has 0 saturated carbocycles. The number of amides is 1. The summed E-state index contributed by atoms with van der Waals surface area (Å²) in [6, 6.07) is 6.78. The first kappa shape index (κ1) is 15.3. The van der Waals surface area contributed by atoms with Gasteiger partial charge in [-0.1, -0.05) is 12.1 Å². The standard InChI is InChI=1S/C11H17N3O4S/c1-3-18-11(15)13-19(16,17)14(2)8-9-4-6-10(12)7-5-9/h4-7H,3,8,12H2,1-2H3,(H,13,15). The Hall–Kier alpha value is -1.80. The van der Waals surface area contributed by atoms with Crippen molar-refractivity contribution in [2.24, 2.45) is 0 Å². The van der Waals surface area contributed by atoms with Crippen molar-refractivity contribution in [3.63, 3.8) is 0 Å². The molecule has 0 unspecified atom stereocenters. The molecule has 0 radical (unpaired) electrons. The molecule has 0 aliphatic heterocycles. The van der Waals surface area contributed by atoms with Gasteiger partial charge in [0.15, 0.2) is 0 Å². The van der Waals surface area contributed by atoms with Crippen LogP contribution in [0.25, 0.3) is 0 Å². The number of benzene rings is 1. The average Bonchev–Trinajstić information content (AvgIpc) is 2.31. The van der Waals surface area contributed by atoms with E-state index in [1.54, 1.807) is 35.9 Å². The summed E-state index contributed by atoms with van der Waals surface area (Å²) in [5, 5.41) is 0. The van der Waals surface area contributed by atoms with E-state index < -0.39 is 16.3 Å². The third-order valence-corrected chi connectivity index (χ3v) is 3.66. The van der Waals surface area contributed by atoms with E-state index in [1.807, 2.05) is 0 Å². The Morgan fingerprint density at radius 1 is 1.37 bits per heavy atom. The first-order chi connectivity index (χ1) is 8.85. The number of anilines is 1. The van der Waals surface area contributed by atoms with Crippen LogP contribution in [0.4, 0.5) is 10.5 Å². The van der Waals surface area contributed by atoms with Crippen LogP contribution in [0.3, 0.4) is 0 Å². The maximum absolute atomic E-state index is 11.8. The second kappa shape index (κ2) is 6.39. The number of hydrogen-bond donors (Lipinski definition) is 2. The highest BCUT2D eigenvalue weighted by Crippen LogP contribution is 2.09. The Morgan fingerprint density at radius 2 is 1.95 bits per heavy atom. The number of carbonyl (C=O) groups is 1. The molecule has 0 aliphatic carbocycles. The average molecular weight is 287 g/mol. The Labute approximate surface area is 112 Å². The molecule has 0 bridgehead atoms. The van der Waals surface area contributed by atoms with E-state index in [2.05, 4.69) is 4.74 Å². The largest absolute Gasteiger partial charge is 0.449 e. The van der Waals surface area contributed by atoms with Crippen molar-refractivity contribution in [1.29, 1.82) is 0 Å². The highest BCUT2D eigenvalue weighted by molar-refractivity contribution is 7.87. The van der Waals surface area contributed by atoms with Gasteiger partial charge in [0.2, 0.25) is 0 Å². The summed E-state index contributed by atoms with van der Waals surface area (Å²) >= 11 is 0. The van der Waals surface area contributed by atoms with Gasteiger partial charge in [0.05, 0.1) is 6.61 Å². The first-order valence-electron chi connectivity index (χ1n) is 5.60. The van der Waals surface area contributed by atoms with Gasteiger partial charge in [0, 0.05) is 19.3 Å². The lowest BCUT2D eigenvalue weighted by Crippen LogP contribution is -2.41. The molecular weight excluding hydrogens is 270 g/mol. The van der Waals surface area contributed by atoms with Crippen molar-refractivity contribution in [3.8, 4) is 0 Å². The molecule has 8 heteroatoms. The molecule has 0 heterocycles. The number of nitrogen functional groups attached to an aromatic ring is 1. The third-order valence-electron chi connectivity index (χ3n) is 2.28. The number of rotatable bonds is 5. The minimum absolute atomic E-state index is 0.100. The van der Waals surface area contributed by atoms with Gasteiger partial charge in [0.1, 0.15) is 0 Å². The molecule has 3 N–H and O–H groups in total. The van der Waals surface area contributed by atoms with Crippen LogP contribution in [0.1, 0.15) is 12.5 Å². The van der Waals surface area contributed by atoms with Crippen molar-refractivity contribution in [2.75, 3.05) is 19.4 Å². The van der Waals surface area contributed by atoms with Crippen LogP contribution in [0.2, 0.25) is 0 Å². The van der Waals surface area contributed by atoms with Crippen molar-refractivity contribution < 1.29 is 17.9 Å². The number of nitrogens with two attached hydrogens (primary N) is 1. The molecule has 1 rings (SSSR count). The van der Waals surface area contributed by atoms with Crippen molar-refractivity contribution in [3.05, 3.63) is 29.8 Å². The second-order valence-corrected chi connectivity index (χ2v) is 5.60. The van der Waals surface area contributed by atoms with Crippen LogP contribution in [-0.2, 0) is 21.5 Å². The van der Waals surface area contributed by atoms with Crippen molar-refractivity contribution >= 4 is 22.0 Å². The number of ether oxygens (including phenoxy) is 1. The Kier molecular flexibility index (Phi) is 5.13. The van der Waals surface area contributed by atoms with Gasteiger partial charge in [-0.15, -0.1) is 0 Å². The monoisotopic (exact) mass is 287 g/mol. The van der Waals surface area contributed by atoms with E-state index in [0.29, 0.717) is 5.69 Å². The lowest BCUT2D eigenvalue weighted by Gasteiger charge is -2.17. The number of carbonyl (C=O) groups excluding carboxylic acids is 1. The zero-order valence-electron chi connectivity index (χ0n) is 10.8. The van der Waals surface area contributed by atoms with Crippen LogP contribution >= 0.6 is 0 Å². The lowest BCUT2D eigenvalue weighted by molar-refractivity contribution is 0.158. The van der Waals surface area contributed by atoms with E-state index in [1.165, 1.54) is 7.05 Å². The molecular formula is C11H17N3O4S. The van der Waals surface area contributed by atoms with Crippen LogP contribution in [0.15, 0.2) is 24.3 Å². The molecule has 19 heavy (non-hydrogen) atoms. The quantitative estimate of drug-likeness (QED) is 0.776.